The highest BCUT2D eigenvalue weighted by Gasteiger charge is 2.31. The number of carbonyl (C=O) groups is 1. The minimum atomic E-state index is -0.351. The van der Waals surface area contributed by atoms with Crippen LogP contribution in [-0.4, -0.2) is 22.4 Å². The smallest absolute Gasteiger partial charge is 0.279 e. The number of aromatic nitrogens is 2. The third-order valence-corrected chi connectivity index (χ3v) is 4.59. The van der Waals surface area contributed by atoms with Gasteiger partial charge in [-0.15, -0.1) is 0 Å². The van der Waals surface area contributed by atoms with Crippen molar-refractivity contribution in [2.45, 2.75) is 19.3 Å². The van der Waals surface area contributed by atoms with Gasteiger partial charge < -0.3 is 10.1 Å². The molecule has 0 fully saturated rings. The molecule has 25 heavy (non-hydrogen) atoms. The number of fused-ring (bicyclic) bond motifs is 3. The predicted molar refractivity (Wildman–Crippen MR) is 94.3 cm³/mol. The lowest BCUT2D eigenvalue weighted by molar-refractivity contribution is -0.116. The SMILES string of the molecule is COc1cccc([C@H]2CC(=O)Nc3c2c(=O)nc2c(C)cccn32)c1. The lowest BCUT2D eigenvalue weighted by atomic mass is 9.86. The summed E-state index contributed by atoms with van der Waals surface area (Å²) in [7, 11) is 1.59. The average molecular weight is 335 g/mol. The lowest BCUT2D eigenvalue weighted by Gasteiger charge is -2.26. The van der Waals surface area contributed by atoms with Crippen molar-refractivity contribution in [1.29, 1.82) is 0 Å². The molecule has 0 spiro atoms. The quantitative estimate of drug-likeness (QED) is 0.781. The van der Waals surface area contributed by atoms with Crippen molar-refractivity contribution in [2.24, 2.45) is 0 Å². The van der Waals surface area contributed by atoms with Crippen LogP contribution in [0.25, 0.3) is 5.65 Å². The van der Waals surface area contributed by atoms with Gasteiger partial charge in [0.1, 0.15) is 17.2 Å². The van der Waals surface area contributed by atoms with E-state index in [1.165, 1.54) is 0 Å². The highest BCUT2D eigenvalue weighted by molar-refractivity contribution is 5.94. The van der Waals surface area contributed by atoms with Crippen LogP contribution in [0.4, 0.5) is 5.82 Å². The van der Waals surface area contributed by atoms with E-state index in [2.05, 4.69) is 10.3 Å². The van der Waals surface area contributed by atoms with Crippen LogP contribution in [0.5, 0.6) is 5.75 Å². The summed E-state index contributed by atoms with van der Waals surface area (Å²) >= 11 is 0. The normalized spacial score (nSPS) is 16.4. The van der Waals surface area contributed by atoms with E-state index < -0.39 is 0 Å². The van der Waals surface area contributed by atoms with E-state index in [1.807, 2.05) is 49.5 Å². The van der Waals surface area contributed by atoms with E-state index in [4.69, 9.17) is 4.74 Å². The van der Waals surface area contributed by atoms with Crippen LogP contribution in [0.3, 0.4) is 0 Å². The van der Waals surface area contributed by atoms with Gasteiger partial charge in [0.25, 0.3) is 5.56 Å². The van der Waals surface area contributed by atoms with E-state index >= 15 is 0 Å². The number of aryl methyl sites for hydroxylation is 1. The second-order valence-electron chi connectivity index (χ2n) is 6.15. The number of hydrogen-bond donors (Lipinski definition) is 1. The van der Waals surface area contributed by atoms with Crippen LogP contribution < -0.4 is 15.6 Å². The van der Waals surface area contributed by atoms with E-state index in [0.717, 1.165) is 11.1 Å². The fourth-order valence-corrected chi connectivity index (χ4v) is 3.37. The van der Waals surface area contributed by atoms with Gasteiger partial charge in [0.15, 0.2) is 0 Å². The number of anilines is 1. The number of hydrogen-bond acceptors (Lipinski definition) is 4. The maximum Gasteiger partial charge on any atom is 0.279 e. The third kappa shape index (κ3) is 2.46. The van der Waals surface area contributed by atoms with Crippen molar-refractivity contribution in [3.63, 3.8) is 0 Å². The molecule has 1 aromatic carbocycles. The summed E-state index contributed by atoms with van der Waals surface area (Å²) in [4.78, 5) is 29.4. The number of nitrogens with one attached hydrogen (secondary N) is 1. The minimum Gasteiger partial charge on any atom is -0.497 e. The first kappa shape index (κ1) is 15.4. The number of benzene rings is 1. The summed E-state index contributed by atoms with van der Waals surface area (Å²) in [5, 5.41) is 2.85. The van der Waals surface area contributed by atoms with Crippen molar-refractivity contribution in [1.82, 2.24) is 9.38 Å². The van der Waals surface area contributed by atoms with Crippen molar-refractivity contribution in [2.75, 3.05) is 12.4 Å². The van der Waals surface area contributed by atoms with Crippen LogP contribution in [0.1, 0.15) is 29.0 Å². The van der Waals surface area contributed by atoms with Crippen molar-refractivity contribution >= 4 is 17.4 Å². The lowest BCUT2D eigenvalue weighted by Crippen LogP contribution is -2.32. The molecule has 3 heterocycles. The largest absolute Gasteiger partial charge is 0.497 e. The zero-order valence-electron chi connectivity index (χ0n) is 13.9. The van der Waals surface area contributed by atoms with Gasteiger partial charge in [0.2, 0.25) is 5.91 Å². The fourth-order valence-electron chi connectivity index (χ4n) is 3.37. The first-order chi connectivity index (χ1) is 12.1. The molecule has 0 aliphatic carbocycles. The summed E-state index contributed by atoms with van der Waals surface area (Å²) < 4.78 is 7.05. The fraction of sp³-hybridized carbons (Fsp3) is 0.211. The summed E-state index contributed by atoms with van der Waals surface area (Å²) in [6.07, 6.45) is 2.01. The molecule has 0 unspecified atom stereocenters. The molecule has 6 heteroatoms. The van der Waals surface area contributed by atoms with Crippen LogP contribution in [-0.2, 0) is 4.79 Å². The van der Waals surface area contributed by atoms with Gasteiger partial charge in [-0.1, -0.05) is 18.2 Å². The Morgan fingerprint density at radius 3 is 2.88 bits per heavy atom. The first-order valence-electron chi connectivity index (χ1n) is 8.04. The molecular weight excluding hydrogens is 318 g/mol. The van der Waals surface area contributed by atoms with Gasteiger partial charge in [-0.2, -0.15) is 4.98 Å². The maximum absolute atomic E-state index is 12.8. The molecule has 1 aliphatic heterocycles. The summed E-state index contributed by atoms with van der Waals surface area (Å²) in [6, 6.07) is 11.2. The third-order valence-electron chi connectivity index (χ3n) is 4.59. The molecule has 126 valence electrons. The Hall–Kier alpha value is -3.15. The van der Waals surface area contributed by atoms with Crippen molar-refractivity contribution < 1.29 is 9.53 Å². The molecule has 1 N–H and O–H groups in total. The predicted octanol–water partition coefficient (Wildman–Crippen LogP) is 2.49. The molecule has 0 radical (unpaired) electrons. The van der Waals surface area contributed by atoms with Crippen LogP contribution in [0.2, 0.25) is 0 Å². The number of ether oxygens (including phenoxy) is 1. The Kier molecular flexibility index (Phi) is 3.53. The molecule has 3 aromatic rings. The number of pyridine rings is 1. The van der Waals surface area contributed by atoms with Gasteiger partial charge in [-0.05, 0) is 36.2 Å². The Labute approximate surface area is 144 Å². The van der Waals surface area contributed by atoms with E-state index in [9.17, 15) is 9.59 Å². The second kappa shape index (κ2) is 5.73. The standard InChI is InChI=1S/C19H17N3O3/c1-11-5-4-8-22-17(11)21-19(24)16-14(10-15(23)20-18(16)22)12-6-3-7-13(9-12)25-2/h3-9,14H,10H2,1-2H3,(H,20,23)/t14-/m1/s1. The Balaban J connectivity index is 2.00. The molecule has 1 atom stereocenters. The molecular formula is C19H17N3O3. The maximum atomic E-state index is 12.8. The van der Waals surface area contributed by atoms with Crippen molar-refractivity contribution in [3.05, 3.63) is 69.6 Å². The Morgan fingerprint density at radius 2 is 2.08 bits per heavy atom. The van der Waals surface area contributed by atoms with Crippen LogP contribution in [0, 0.1) is 6.92 Å². The number of rotatable bonds is 2. The van der Waals surface area contributed by atoms with Gasteiger partial charge in [-0.25, -0.2) is 0 Å². The van der Waals surface area contributed by atoms with Crippen LogP contribution >= 0.6 is 0 Å². The molecule has 1 aliphatic rings. The summed E-state index contributed by atoms with van der Waals surface area (Å²) in [5.41, 5.74) is 2.49. The van der Waals surface area contributed by atoms with Crippen LogP contribution in [0.15, 0.2) is 47.4 Å². The monoisotopic (exact) mass is 335 g/mol. The minimum absolute atomic E-state index is 0.124. The summed E-state index contributed by atoms with van der Waals surface area (Å²) in [5.74, 6) is 0.718. The molecule has 0 saturated heterocycles. The molecule has 1 amide bonds. The highest BCUT2D eigenvalue weighted by atomic mass is 16.5. The second-order valence-corrected chi connectivity index (χ2v) is 6.15. The zero-order chi connectivity index (χ0) is 17.6. The first-order valence-corrected chi connectivity index (χ1v) is 8.04. The molecule has 6 nitrogen and oxygen atoms in total. The number of nitrogens with zero attached hydrogens (tertiary/aromatic N) is 2. The summed E-state index contributed by atoms with van der Waals surface area (Å²) in [6.45, 7) is 1.89. The van der Waals surface area contributed by atoms with E-state index in [-0.39, 0.29) is 23.8 Å². The van der Waals surface area contributed by atoms with Gasteiger partial charge >= 0.3 is 0 Å². The topological polar surface area (TPSA) is 72.7 Å². The van der Waals surface area contributed by atoms with Gasteiger partial charge in [0.05, 0.1) is 12.7 Å². The number of carbonyl (C=O) groups excluding carboxylic acids is 1. The number of amides is 1. The average Bonchev–Trinajstić information content (AvgIpc) is 2.62. The van der Waals surface area contributed by atoms with Gasteiger partial charge in [-0.3, -0.25) is 14.0 Å². The molecule has 0 bridgehead atoms. The number of methoxy groups -OCH3 is 1. The van der Waals surface area contributed by atoms with E-state index in [1.54, 1.807) is 11.5 Å². The molecule has 0 saturated carbocycles. The molecule has 2 aromatic heterocycles. The molecule has 4 rings (SSSR count). The van der Waals surface area contributed by atoms with Gasteiger partial charge in [0, 0.05) is 18.5 Å². The highest BCUT2D eigenvalue weighted by Crippen LogP contribution is 2.36. The Morgan fingerprint density at radius 1 is 1.24 bits per heavy atom. The Bertz CT molecular complexity index is 1060. The van der Waals surface area contributed by atoms with E-state index in [0.29, 0.717) is 22.8 Å². The van der Waals surface area contributed by atoms with Crippen molar-refractivity contribution in [3.8, 4) is 5.75 Å². The zero-order valence-corrected chi connectivity index (χ0v) is 13.9.